The van der Waals surface area contributed by atoms with Gasteiger partial charge in [-0.1, -0.05) is 32.9 Å². The maximum absolute atomic E-state index is 12.6. The lowest BCUT2D eigenvalue weighted by atomic mass is 10.0. The summed E-state index contributed by atoms with van der Waals surface area (Å²) in [7, 11) is 0. The number of amides is 1. The van der Waals surface area contributed by atoms with Crippen LogP contribution >= 0.6 is 0 Å². The predicted octanol–water partition coefficient (Wildman–Crippen LogP) is 1.17. The van der Waals surface area contributed by atoms with Crippen LogP contribution in [0.4, 0.5) is 0 Å². The Morgan fingerprint density at radius 1 is 1.27 bits per heavy atom. The molecule has 1 aliphatic rings. The molecule has 7 nitrogen and oxygen atoms in total. The first-order valence-electron chi connectivity index (χ1n) is 7.91. The summed E-state index contributed by atoms with van der Waals surface area (Å²) < 4.78 is 10.5. The van der Waals surface area contributed by atoms with Gasteiger partial charge in [0.1, 0.15) is 0 Å². The smallest absolute Gasteiger partial charge is 0.240 e. The molecule has 1 atom stereocenters. The summed E-state index contributed by atoms with van der Waals surface area (Å²) in [4.78, 5) is 18.8. The zero-order valence-corrected chi connectivity index (χ0v) is 13.8. The van der Waals surface area contributed by atoms with Gasteiger partial charge in [-0.15, -0.1) is 0 Å². The van der Waals surface area contributed by atoms with E-state index in [-0.39, 0.29) is 23.8 Å². The van der Waals surface area contributed by atoms with Crippen LogP contribution in [0.1, 0.15) is 45.3 Å². The van der Waals surface area contributed by atoms with Crippen molar-refractivity contribution in [1.82, 2.24) is 20.4 Å². The third-order valence-electron chi connectivity index (χ3n) is 3.71. The van der Waals surface area contributed by atoms with Gasteiger partial charge in [-0.3, -0.25) is 10.1 Å². The molecule has 1 fully saturated rings. The number of rotatable bonds is 6. The maximum atomic E-state index is 12.6. The molecule has 1 aromatic rings. The number of carbonyl (C=O) groups is 1. The van der Waals surface area contributed by atoms with Crippen LogP contribution in [0.15, 0.2) is 4.52 Å². The van der Waals surface area contributed by atoms with Gasteiger partial charge in [0, 0.05) is 19.0 Å². The van der Waals surface area contributed by atoms with E-state index >= 15 is 0 Å². The Labute approximate surface area is 131 Å². The second-order valence-electron chi connectivity index (χ2n) is 6.24. The van der Waals surface area contributed by atoms with Gasteiger partial charge in [0.05, 0.1) is 25.8 Å². The Bertz CT molecular complexity index is 481. The first-order valence-corrected chi connectivity index (χ1v) is 7.91. The monoisotopic (exact) mass is 310 g/mol. The third kappa shape index (κ3) is 4.27. The molecular formula is C15H26N4O3. The minimum Gasteiger partial charge on any atom is -0.378 e. The molecule has 0 saturated carbocycles. The predicted molar refractivity (Wildman–Crippen MR) is 81.3 cm³/mol. The molecular weight excluding hydrogens is 284 g/mol. The van der Waals surface area contributed by atoms with Crippen LogP contribution in [-0.2, 0) is 16.1 Å². The first-order chi connectivity index (χ1) is 10.5. The van der Waals surface area contributed by atoms with Gasteiger partial charge in [0.15, 0.2) is 5.82 Å². The van der Waals surface area contributed by atoms with Gasteiger partial charge in [-0.05, 0) is 5.92 Å². The summed E-state index contributed by atoms with van der Waals surface area (Å²) in [6.45, 7) is 11.0. The molecule has 0 radical (unpaired) electrons. The van der Waals surface area contributed by atoms with Crippen molar-refractivity contribution in [3.8, 4) is 0 Å². The van der Waals surface area contributed by atoms with Crippen LogP contribution in [-0.4, -0.2) is 53.3 Å². The number of hydrogen-bond acceptors (Lipinski definition) is 6. The lowest BCUT2D eigenvalue weighted by Crippen LogP contribution is -2.52. The minimum atomic E-state index is -0.251. The molecule has 2 rings (SSSR count). The van der Waals surface area contributed by atoms with Gasteiger partial charge >= 0.3 is 0 Å². The van der Waals surface area contributed by atoms with Gasteiger partial charge in [0.2, 0.25) is 11.8 Å². The van der Waals surface area contributed by atoms with Crippen molar-refractivity contribution in [2.75, 3.05) is 26.3 Å². The molecule has 124 valence electrons. The van der Waals surface area contributed by atoms with E-state index in [2.05, 4.69) is 15.5 Å². The molecule has 0 spiro atoms. The van der Waals surface area contributed by atoms with E-state index in [1.54, 1.807) is 0 Å². The largest absolute Gasteiger partial charge is 0.378 e. The zero-order valence-electron chi connectivity index (χ0n) is 13.8. The number of carbonyl (C=O) groups excluding carboxylic acids is 1. The van der Waals surface area contributed by atoms with Crippen LogP contribution in [0.2, 0.25) is 0 Å². The summed E-state index contributed by atoms with van der Waals surface area (Å²) in [5, 5.41) is 7.21. The minimum absolute atomic E-state index is 0.117. The highest BCUT2D eigenvalue weighted by Gasteiger charge is 2.28. The Morgan fingerprint density at radius 2 is 1.95 bits per heavy atom. The Hall–Kier alpha value is -1.47. The molecule has 1 aliphatic heterocycles. The quantitative estimate of drug-likeness (QED) is 0.849. The normalized spacial score (nSPS) is 17.3. The lowest BCUT2D eigenvalue weighted by Gasteiger charge is -2.32. The summed E-state index contributed by atoms with van der Waals surface area (Å²) in [5.41, 5.74) is 0. The molecule has 0 unspecified atom stereocenters. The Kier molecular flexibility index (Phi) is 5.90. The lowest BCUT2D eigenvalue weighted by molar-refractivity contribution is -0.138. The highest BCUT2D eigenvalue weighted by molar-refractivity contribution is 5.82. The summed E-state index contributed by atoms with van der Waals surface area (Å²) >= 11 is 0. The van der Waals surface area contributed by atoms with E-state index in [1.165, 1.54) is 0 Å². The van der Waals surface area contributed by atoms with Gasteiger partial charge in [-0.25, -0.2) is 0 Å². The molecule has 0 aromatic carbocycles. The topological polar surface area (TPSA) is 80.5 Å². The second kappa shape index (κ2) is 7.69. The number of morpholine rings is 1. The number of aromatic nitrogens is 2. The molecule has 1 saturated heterocycles. The third-order valence-corrected chi connectivity index (χ3v) is 3.71. The Balaban J connectivity index is 1.94. The van der Waals surface area contributed by atoms with E-state index in [0.717, 1.165) is 0 Å². The highest BCUT2D eigenvalue weighted by Crippen LogP contribution is 2.12. The second-order valence-corrected chi connectivity index (χ2v) is 6.24. The fourth-order valence-electron chi connectivity index (χ4n) is 2.36. The highest BCUT2D eigenvalue weighted by atomic mass is 16.5. The van der Waals surface area contributed by atoms with Crippen LogP contribution in [0.5, 0.6) is 0 Å². The number of nitrogens with one attached hydrogen (secondary N) is 1. The van der Waals surface area contributed by atoms with E-state index in [4.69, 9.17) is 9.26 Å². The van der Waals surface area contributed by atoms with Crippen LogP contribution in [0.3, 0.4) is 0 Å². The van der Waals surface area contributed by atoms with Crippen LogP contribution in [0.25, 0.3) is 0 Å². The van der Waals surface area contributed by atoms with E-state index in [1.807, 2.05) is 32.6 Å². The van der Waals surface area contributed by atoms with Crippen molar-refractivity contribution in [1.29, 1.82) is 0 Å². The summed E-state index contributed by atoms with van der Waals surface area (Å²) in [5.74, 6) is 1.72. The van der Waals surface area contributed by atoms with Gasteiger partial charge in [0.25, 0.3) is 0 Å². The van der Waals surface area contributed by atoms with E-state index in [0.29, 0.717) is 44.6 Å². The number of hydrogen-bond donors (Lipinski definition) is 1. The molecule has 1 N–H and O–H groups in total. The summed E-state index contributed by atoms with van der Waals surface area (Å²) in [6, 6.07) is -0.251. The number of ether oxygens (including phenoxy) is 1. The molecule has 7 heteroatoms. The molecule has 0 bridgehead atoms. The molecule has 2 heterocycles. The first kappa shape index (κ1) is 16.9. The fraction of sp³-hybridized carbons (Fsp3) is 0.800. The van der Waals surface area contributed by atoms with Crippen LogP contribution in [0, 0.1) is 5.92 Å². The van der Waals surface area contributed by atoms with Crippen molar-refractivity contribution < 1.29 is 14.1 Å². The van der Waals surface area contributed by atoms with Crippen molar-refractivity contribution in [3.05, 3.63) is 11.7 Å². The van der Waals surface area contributed by atoms with Crippen molar-refractivity contribution in [3.63, 3.8) is 0 Å². The SMILES string of the molecule is CC(C)c1nc(CN[C@@H](C(=O)N2CCOCC2)C(C)C)no1. The molecule has 1 aromatic heterocycles. The van der Waals surface area contributed by atoms with Crippen molar-refractivity contribution in [2.24, 2.45) is 5.92 Å². The van der Waals surface area contributed by atoms with Crippen molar-refractivity contribution in [2.45, 2.75) is 46.2 Å². The average molecular weight is 310 g/mol. The zero-order chi connectivity index (χ0) is 16.1. The van der Waals surface area contributed by atoms with Crippen LogP contribution < -0.4 is 5.32 Å². The summed E-state index contributed by atoms with van der Waals surface area (Å²) in [6.07, 6.45) is 0. The fourth-order valence-corrected chi connectivity index (χ4v) is 2.36. The molecule has 0 aliphatic carbocycles. The molecule has 1 amide bonds. The van der Waals surface area contributed by atoms with Gasteiger partial charge in [-0.2, -0.15) is 4.98 Å². The molecule has 22 heavy (non-hydrogen) atoms. The van der Waals surface area contributed by atoms with E-state index in [9.17, 15) is 4.79 Å². The average Bonchev–Trinajstić information content (AvgIpc) is 2.97. The van der Waals surface area contributed by atoms with Gasteiger partial charge < -0.3 is 14.2 Å². The van der Waals surface area contributed by atoms with E-state index < -0.39 is 0 Å². The maximum Gasteiger partial charge on any atom is 0.240 e. The standard InChI is InChI=1S/C15H26N4O3/c1-10(2)13(15(20)19-5-7-21-8-6-19)16-9-12-17-14(11(3)4)22-18-12/h10-11,13,16H,5-9H2,1-4H3/t13-/m1/s1. The van der Waals surface area contributed by atoms with Crippen molar-refractivity contribution >= 4 is 5.91 Å². The Morgan fingerprint density at radius 3 is 2.50 bits per heavy atom. The number of nitrogens with zero attached hydrogens (tertiary/aromatic N) is 3.